The van der Waals surface area contributed by atoms with E-state index < -0.39 is 0 Å². The van der Waals surface area contributed by atoms with Gasteiger partial charge in [0, 0.05) is 27.1 Å². The lowest BCUT2D eigenvalue weighted by molar-refractivity contribution is -0.115. The van der Waals surface area contributed by atoms with Crippen molar-refractivity contribution in [1.82, 2.24) is 4.98 Å². The normalized spacial score (nSPS) is 10.0. The van der Waals surface area contributed by atoms with Gasteiger partial charge in [-0.1, -0.05) is 0 Å². The molecule has 1 heterocycles. The standard InChI is InChI=1S/C16H14IN3OS/c1-11-2-3-12(10-18)16(19-11)22-9-8-15(21)20-14-6-4-13(17)5-7-14/h2-7H,8-9H2,1H3,(H,20,21). The summed E-state index contributed by atoms with van der Waals surface area (Å²) in [6, 6.07) is 13.3. The van der Waals surface area contributed by atoms with Crippen LogP contribution >= 0.6 is 34.4 Å². The molecule has 6 heteroatoms. The number of thioether (sulfide) groups is 1. The van der Waals surface area contributed by atoms with Crippen LogP contribution in [0.15, 0.2) is 41.4 Å². The Morgan fingerprint density at radius 3 is 2.73 bits per heavy atom. The van der Waals surface area contributed by atoms with Crippen molar-refractivity contribution in [2.24, 2.45) is 0 Å². The highest BCUT2D eigenvalue weighted by molar-refractivity contribution is 14.1. The third-order valence-electron chi connectivity index (χ3n) is 2.82. The molecule has 22 heavy (non-hydrogen) atoms. The van der Waals surface area contributed by atoms with Crippen molar-refractivity contribution in [2.75, 3.05) is 11.1 Å². The van der Waals surface area contributed by atoms with Crippen LogP contribution in [0.25, 0.3) is 0 Å². The zero-order chi connectivity index (χ0) is 15.9. The zero-order valence-electron chi connectivity index (χ0n) is 12.0. The van der Waals surface area contributed by atoms with Crippen LogP contribution in [0, 0.1) is 21.8 Å². The molecule has 4 nitrogen and oxygen atoms in total. The first-order valence-electron chi connectivity index (χ1n) is 6.64. The molecule has 0 aliphatic rings. The molecule has 2 rings (SSSR count). The van der Waals surface area contributed by atoms with Gasteiger partial charge in [0.05, 0.1) is 5.56 Å². The smallest absolute Gasteiger partial charge is 0.225 e. The number of rotatable bonds is 5. The summed E-state index contributed by atoms with van der Waals surface area (Å²) in [4.78, 5) is 16.2. The predicted octanol–water partition coefficient (Wildman–Crippen LogP) is 3.99. The highest BCUT2D eigenvalue weighted by Gasteiger charge is 2.07. The van der Waals surface area contributed by atoms with E-state index in [9.17, 15) is 4.79 Å². The van der Waals surface area contributed by atoms with Gasteiger partial charge in [-0.15, -0.1) is 11.8 Å². The fourth-order valence-corrected chi connectivity index (χ4v) is 3.04. The molecule has 0 atom stereocenters. The van der Waals surface area contributed by atoms with Crippen molar-refractivity contribution in [3.63, 3.8) is 0 Å². The van der Waals surface area contributed by atoms with E-state index in [2.05, 4.69) is 39.0 Å². The number of carbonyl (C=O) groups excluding carboxylic acids is 1. The van der Waals surface area contributed by atoms with E-state index in [0.717, 1.165) is 15.0 Å². The van der Waals surface area contributed by atoms with Crippen molar-refractivity contribution in [3.05, 3.63) is 51.2 Å². The molecule has 0 saturated carbocycles. The van der Waals surface area contributed by atoms with Gasteiger partial charge < -0.3 is 5.32 Å². The maximum Gasteiger partial charge on any atom is 0.225 e. The van der Waals surface area contributed by atoms with Gasteiger partial charge in [0.2, 0.25) is 5.91 Å². The second-order valence-electron chi connectivity index (χ2n) is 4.57. The summed E-state index contributed by atoms with van der Waals surface area (Å²) < 4.78 is 1.13. The number of anilines is 1. The van der Waals surface area contributed by atoms with Crippen LogP contribution in [-0.4, -0.2) is 16.6 Å². The SMILES string of the molecule is Cc1ccc(C#N)c(SCCC(=O)Nc2ccc(I)cc2)n1. The number of aryl methyl sites for hydroxylation is 1. The minimum absolute atomic E-state index is 0.0418. The average Bonchev–Trinajstić information content (AvgIpc) is 2.50. The second kappa shape index (κ2) is 8.15. The minimum Gasteiger partial charge on any atom is -0.326 e. The molecule has 0 aliphatic heterocycles. The molecule has 0 saturated heterocycles. The zero-order valence-corrected chi connectivity index (χ0v) is 14.9. The Hall–Kier alpha value is -1.59. The molecule has 0 unspecified atom stereocenters. The van der Waals surface area contributed by atoms with Crippen LogP contribution in [0.4, 0.5) is 5.69 Å². The molecule has 1 aromatic carbocycles. The Kier molecular flexibility index (Phi) is 6.21. The quantitative estimate of drug-likeness (QED) is 0.584. The number of carbonyl (C=O) groups is 1. The number of hydrogen-bond acceptors (Lipinski definition) is 4. The molecular weight excluding hydrogens is 409 g/mol. The second-order valence-corrected chi connectivity index (χ2v) is 6.90. The van der Waals surface area contributed by atoms with Crippen LogP contribution in [0.3, 0.4) is 0 Å². The monoisotopic (exact) mass is 423 g/mol. The Morgan fingerprint density at radius 1 is 1.32 bits per heavy atom. The van der Waals surface area contributed by atoms with Crippen molar-refractivity contribution in [1.29, 1.82) is 5.26 Å². The van der Waals surface area contributed by atoms with Gasteiger partial charge in [-0.25, -0.2) is 4.98 Å². The molecule has 0 aliphatic carbocycles. The number of amides is 1. The molecule has 0 radical (unpaired) electrons. The lowest BCUT2D eigenvalue weighted by Crippen LogP contribution is -2.12. The minimum atomic E-state index is -0.0418. The van der Waals surface area contributed by atoms with Gasteiger partial charge in [0.15, 0.2) is 0 Å². The van der Waals surface area contributed by atoms with E-state index in [1.54, 1.807) is 6.07 Å². The van der Waals surface area contributed by atoms with Crippen LogP contribution in [0.1, 0.15) is 17.7 Å². The van der Waals surface area contributed by atoms with Gasteiger partial charge in [0.1, 0.15) is 11.1 Å². The molecule has 1 N–H and O–H groups in total. The predicted molar refractivity (Wildman–Crippen MR) is 96.8 cm³/mol. The van der Waals surface area contributed by atoms with Crippen molar-refractivity contribution >= 4 is 45.9 Å². The Balaban J connectivity index is 1.86. The number of nitrogens with one attached hydrogen (secondary N) is 1. The molecule has 112 valence electrons. The number of pyridine rings is 1. The first-order valence-corrected chi connectivity index (χ1v) is 8.71. The van der Waals surface area contributed by atoms with Gasteiger partial charge in [-0.2, -0.15) is 5.26 Å². The molecule has 2 aromatic rings. The number of nitrogens with zero attached hydrogens (tertiary/aromatic N) is 2. The van der Waals surface area contributed by atoms with Gasteiger partial charge in [-0.3, -0.25) is 4.79 Å². The number of halogens is 1. The summed E-state index contributed by atoms with van der Waals surface area (Å²) in [7, 11) is 0. The largest absolute Gasteiger partial charge is 0.326 e. The summed E-state index contributed by atoms with van der Waals surface area (Å²) in [6.45, 7) is 1.88. The number of aromatic nitrogens is 1. The summed E-state index contributed by atoms with van der Waals surface area (Å²) >= 11 is 3.65. The third kappa shape index (κ3) is 5.00. The maximum atomic E-state index is 11.9. The van der Waals surface area contributed by atoms with Crippen molar-refractivity contribution < 1.29 is 4.79 Å². The van der Waals surface area contributed by atoms with Gasteiger partial charge in [-0.05, 0) is 65.9 Å². The van der Waals surface area contributed by atoms with Gasteiger partial charge >= 0.3 is 0 Å². The van der Waals surface area contributed by atoms with E-state index >= 15 is 0 Å². The van der Waals surface area contributed by atoms with Crippen molar-refractivity contribution in [2.45, 2.75) is 18.4 Å². The Morgan fingerprint density at radius 2 is 2.05 bits per heavy atom. The lowest BCUT2D eigenvalue weighted by atomic mass is 10.3. The highest BCUT2D eigenvalue weighted by Crippen LogP contribution is 2.21. The molecule has 0 fully saturated rings. The summed E-state index contributed by atoms with van der Waals surface area (Å²) in [5.41, 5.74) is 2.21. The molecular formula is C16H14IN3OS. The summed E-state index contributed by atoms with van der Waals surface area (Å²) in [5, 5.41) is 12.6. The van der Waals surface area contributed by atoms with E-state index in [1.807, 2.05) is 37.3 Å². The number of benzene rings is 1. The fourth-order valence-electron chi connectivity index (χ4n) is 1.73. The first-order chi connectivity index (χ1) is 10.6. The molecule has 1 amide bonds. The summed E-state index contributed by atoms with van der Waals surface area (Å²) in [6.07, 6.45) is 0.372. The average molecular weight is 423 g/mol. The van der Waals surface area contributed by atoms with E-state index in [1.165, 1.54) is 11.8 Å². The topological polar surface area (TPSA) is 65.8 Å². The highest BCUT2D eigenvalue weighted by atomic mass is 127. The summed E-state index contributed by atoms with van der Waals surface area (Å²) in [5.74, 6) is 0.543. The van der Waals surface area contributed by atoms with Gasteiger partial charge in [0.25, 0.3) is 0 Å². The number of hydrogen-bond donors (Lipinski definition) is 1. The molecule has 0 spiro atoms. The lowest BCUT2D eigenvalue weighted by Gasteiger charge is -2.06. The Bertz CT molecular complexity index is 710. The Labute approximate surface area is 147 Å². The first kappa shape index (κ1) is 16.8. The number of nitriles is 1. The third-order valence-corrected chi connectivity index (χ3v) is 4.53. The molecule has 0 bridgehead atoms. The van der Waals surface area contributed by atoms with E-state index in [4.69, 9.17) is 5.26 Å². The van der Waals surface area contributed by atoms with E-state index in [-0.39, 0.29) is 5.91 Å². The van der Waals surface area contributed by atoms with Crippen LogP contribution in [0.5, 0.6) is 0 Å². The van der Waals surface area contributed by atoms with Crippen LogP contribution < -0.4 is 5.32 Å². The molecule has 1 aromatic heterocycles. The van der Waals surface area contributed by atoms with Crippen LogP contribution in [-0.2, 0) is 4.79 Å². The van der Waals surface area contributed by atoms with Crippen molar-refractivity contribution in [3.8, 4) is 6.07 Å². The van der Waals surface area contributed by atoms with E-state index in [0.29, 0.717) is 22.8 Å². The fraction of sp³-hybridized carbons (Fsp3) is 0.188. The van der Waals surface area contributed by atoms with Crippen LogP contribution in [0.2, 0.25) is 0 Å². The maximum absolute atomic E-state index is 11.9.